The smallest absolute Gasteiger partial charge is 0.129 e. The molecule has 1 atom stereocenters. The average Bonchev–Trinajstić information content (AvgIpc) is 2.47. The number of aromatic nitrogens is 1. The second kappa shape index (κ2) is 9.78. The molecule has 120 valence electrons. The van der Waals surface area contributed by atoms with Crippen molar-refractivity contribution in [3.8, 4) is 0 Å². The summed E-state index contributed by atoms with van der Waals surface area (Å²) in [4.78, 5) is 7.25. The number of anilines is 1. The number of rotatable bonds is 10. The van der Waals surface area contributed by atoms with Crippen molar-refractivity contribution in [2.75, 3.05) is 18.0 Å². The van der Waals surface area contributed by atoms with Crippen molar-refractivity contribution in [2.24, 2.45) is 0 Å². The normalized spacial score (nSPS) is 12.4. The van der Waals surface area contributed by atoms with Crippen LogP contribution in [0.2, 0.25) is 0 Å². The zero-order chi connectivity index (χ0) is 15.7. The van der Waals surface area contributed by atoms with Crippen molar-refractivity contribution < 1.29 is 0 Å². The van der Waals surface area contributed by atoms with Crippen molar-refractivity contribution in [1.29, 1.82) is 0 Å². The molecular weight excluding hydrogens is 258 g/mol. The molecule has 0 saturated heterocycles. The first-order valence-electron chi connectivity index (χ1n) is 8.57. The fourth-order valence-electron chi connectivity index (χ4n) is 2.49. The number of hydrogen-bond donors (Lipinski definition) is 1. The first-order chi connectivity index (χ1) is 10.1. The van der Waals surface area contributed by atoms with Crippen LogP contribution in [0.5, 0.6) is 0 Å². The molecule has 3 nitrogen and oxygen atoms in total. The molecule has 0 aliphatic rings. The Hall–Kier alpha value is -1.09. The van der Waals surface area contributed by atoms with Gasteiger partial charge in [0.1, 0.15) is 5.82 Å². The van der Waals surface area contributed by atoms with E-state index in [0.717, 1.165) is 37.6 Å². The summed E-state index contributed by atoms with van der Waals surface area (Å²) in [6, 6.07) is 5.00. The number of pyridine rings is 1. The number of nitrogens with one attached hydrogen (secondary N) is 1. The number of hydrogen-bond acceptors (Lipinski definition) is 3. The number of unbranched alkanes of at least 4 members (excludes halogenated alkanes) is 1. The molecule has 1 N–H and O–H groups in total. The van der Waals surface area contributed by atoms with Gasteiger partial charge >= 0.3 is 0 Å². The quantitative estimate of drug-likeness (QED) is 0.652. The summed E-state index contributed by atoms with van der Waals surface area (Å²) in [5, 5.41) is 3.48. The van der Waals surface area contributed by atoms with E-state index in [1.165, 1.54) is 24.8 Å². The predicted molar refractivity (Wildman–Crippen MR) is 93.0 cm³/mol. The van der Waals surface area contributed by atoms with Gasteiger partial charge in [0.25, 0.3) is 0 Å². The van der Waals surface area contributed by atoms with E-state index in [1.807, 2.05) is 0 Å². The van der Waals surface area contributed by atoms with Crippen LogP contribution in [-0.4, -0.2) is 24.1 Å². The minimum absolute atomic E-state index is 0.544. The van der Waals surface area contributed by atoms with Crippen LogP contribution in [-0.2, 0) is 6.54 Å². The molecule has 0 spiro atoms. The van der Waals surface area contributed by atoms with Crippen LogP contribution < -0.4 is 10.2 Å². The molecule has 1 aromatic rings. The lowest BCUT2D eigenvalue weighted by molar-refractivity contribution is 0.588. The lowest BCUT2D eigenvalue weighted by Gasteiger charge is -2.30. The molecule has 1 rings (SSSR count). The largest absolute Gasteiger partial charge is 0.354 e. The van der Waals surface area contributed by atoms with E-state index in [9.17, 15) is 0 Å². The summed E-state index contributed by atoms with van der Waals surface area (Å²) in [5.41, 5.74) is 2.46. The Labute approximate surface area is 131 Å². The van der Waals surface area contributed by atoms with Crippen molar-refractivity contribution in [3.05, 3.63) is 23.4 Å². The summed E-state index contributed by atoms with van der Waals surface area (Å²) in [5.74, 6) is 1.14. The minimum atomic E-state index is 0.544. The fourth-order valence-corrected chi connectivity index (χ4v) is 2.49. The van der Waals surface area contributed by atoms with E-state index in [4.69, 9.17) is 4.98 Å². The second-order valence-electron chi connectivity index (χ2n) is 5.96. The summed E-state index contributed by atoms with van der Waals surface area (Å²) < 4.78 is 0. The Morgan fingerprint density at radius 3 is 2.57 bits per heavy atom. The molecule has 0 radical (unpaired) electrons. The van der Waals surface area contributed by atoms with Gasteiger partial charge < -0.3 is 10.2 Å². The molecule has 1 unspecified atom stereocenters. The van der Waals surface area contributed by atoms with Gasteiger partial charge in [0.2, 0.25) is 0 Å². The zero-order valence-corrected chi connectivity index (χ0v) is 14.6. The maximum absolute atomic E-state index is 4.78. The van der Waals surface area contributed by atoms with E-state index < -0.39 is 0 Å². The molecule has 3 heteroatoms. The van der Waals surface area contributed by atoms with Gasteiger partial charge in [-0.25, -0.2) is 4.98 Å². The fraction of sp³-hybridized carbons (Fsp3) is 0.722. The summed E-state index contributed by atoms with van der Waals surface area (Å²) in [7, 11) is 0. The Kier molecular flexibility index (Phi) is 8.36. The van der Waals surface area contributed by atoms with E-state index in [-0.39, 0.29) is 0 Å². The van der Waals surface area contributed by atoms with E-state index in [2.05, 4.69) is 57.0 Å². The third kappa shape index (κ3) is 6.04. The highest BCUT2D eigenvalue weighted by molar-refractivity contribution is 5.43. The maximum Gasteiger partial charge on any atom is 0.129 e. The van der Waals surface area contributed by atoms with Gasteiger partial charge in [0.05, 0.1) is 0 Å². The van der Waals surface area contributed by atoms with Crippen molar-refractivity contribution >= 4 is 5.82 Å². The van der Waals surface area contributed by atoms with Crippen molar-refractivity contribution in [1.82, 2.24) is 10.3 Å². The van der Waals surface area contributed by atoms with Crippen LogP contribution in [0.15, 0.2) is 12.1 Å². The third-order valence-corrected chi connectivity index (χ3v) is 3.93. The monoisotopic (exact) mass is 291 g/mol. The Bertz CT molecular complexity index is 403. The zero-order valence-electron chi connectivity index (χ0n) is 14.6. The average molecular weight is 291 g/mol. The Morgan fingerprint density at radius 2 is 1.95 bits per heavy atom. The predicted octanol–water partition coefficient (Wildman–Crippen LogP) is 4.29. The number of nitrogens with zero attached hydrogens (tertiary/aromatic N) is 2. The highest BCUT2D eigenvalue weighted by Gasteiger charge is 2.14. The van der Waals surface area contributed by atoms with Crippen molar-refractivity contribution in [2.45, 2.75) is 72.9 Å². The molecule has 1 heterocycles. The Morgan fingerprint density at radius 1 is 1.19 bits per heavy atom. The SMILES string of the molecule is CCCCN(c1cc(CNCCC)cc(C)n1)C(C)CC. The summed E-state index contributed by atoms with van der Waals surface area (Å²) in [6.45, 7) is 14.2. The molecule has 0 fully saturated rings. The summed E-state index contributed by atoms with van der Waals surface area (Å²) in [6.07, 6.45) is 4.78. The first kappa shape index (κ1) is 18.0. The Balaban J connectivity index is 2.90. The van der Waals surface area contributed by atoms with Crippen molar-refractivity contribution in [3.63, 3.8) is 0 Å². The second-order valence-corrected chi connectivity index (χ2v) is 5.96. The van der Waals surface area contributed by atoms with E-state index in [1.54, 1.807) is 0 Å². The summed E-state index contributed by atoms with van der Waals surface area (Å²) >= 11 is 0. The van der Waals surface area contributed by atoms with E-state index in [0.29, 0.717) is 6.04 Å². The van der Waals surface area contributed by atoms with Gasteiger partial charge in [0, 0.05) is 24.8 Å². The van der Waals surface area contributed by atoms with E-state index >= 15 is 0 Å². The lowest BCUT2D eigenvalue weighted by atomic mass is 10.1. The van der Waals surface area contributed by atoms with Gasteiger partial charge in [-0.2, -0.15) is 0 Å². The van der Waals surface area contributed by atoms with Crippen LogP contribution >= 0.6 is 0 Å². The molecule has 0 aliphatic heterocycles. The van der Waals surface area contributed by atoms with Crippen LogP contribution in [0.1, 0.15) is 64.6 Å². The highest BCUT2D eigenvalue weighted by atomic mass is 15.2. The minimum Gasteiger partial charge on any atom is -0.354 e. The van der Waals surface area contributed by atoms with Gasteiger partial charge in [-0.1, -0.05) is 27.2 Å². The van der Waals surface area contributed by atoms with Crippen LogP contribution in [0, 0.1) is 6.92 Å². The molecule has 0 aliphatic carbocycles. The van der Waals surface area contributed by atoms with Crippen LogP contribution in [0.4, 0.5) is 5.82 Å². The van der Waals surface area contributed by atoms with Crippen LogP contribution in [0.3, 0.4) is 0 Å². The third-order valence-electron chi connectivity index (χ3n) is 3.93. The molecule has 21 heavy (non-hydrogen) atoms. The molecule has 0 amide bonds. The number of aryl methyl sites for hydroxylation is 1. The molecular formula is C18H33N3. The molecule has 0 aromatic carbocycles. The maximum atomic E-state index is 4.78. The van der Waals surface area contributed by atoms with Gasteiger partial charge in [-0.05, 0) is 57.4 Å². The topological polar surface area (TPSA) is 28.2 Å². The van der Waals surface area contributed by atoms with Crippen LogP contribution in [0.25, 0.3) is 0 Å². The highest BCUT2D eigenvalue weighted by Crippen LogP contribution is 2.19. The first-order valence-corrected chi connectivity index (χ1v) is 8.57. The van der Waals surface area contributed by atoms with Gasteiger partial charge in [-0.15, -0.1) is 0 Å². The van der Waals surface area contributed by atoms with Gasteiger partial charge in [0.15, 0.2) is 0 Å². The standard InChI is InChI=1S/C18H33N3/c1-6-9-11-21(16(5)8-3)18-13-17(12-15(4)20-18)14-19-10-7-2/h12-13,16,19H,6-11,14H2,1-5H3. The lowest BCUT2D eigenvalue weighted by Crippen LogP contribution is -2.34. The molecule has 1 aromatic heterocycles. The molecule has 0 bridgehead atoms. The van der Waals surface area contributed by atoms with Gasteiger partial charge in [-0.3, -0.25) is 0 Å². The molecule has 0 saturated carbocycles.